The van der Waals surface area contributed by atoms with E-state index >= 15 is 0 Å². The molecule has 128 valence electrons. The molecule has 0 bridgehead atoms. The molecule has 1 aliphatic heterocycles. The number of nitrogens with zero attached hydrogens (tertiary/aromatic N) is 2. The lowest BCUT2D eigenvalue weighted by Gasteiger charge is -2.20. The van der Waals surface area contributed by atoms with Crippen molar-refractivity contribution in [1.82, 2.24) is 9.78 Å². The summed E-state index contributed by atoms with van der Waals surface area (Å²) in [5, 5.41) is 9.78. The fraction of sp³-hybridized carbons (Fsp3) is 0.176. The third-order valence-corrected chi connectivity index (χ3v) is 4.54. The second-order valence-corrected chi connectivity index (χ2v) is 6.71. The summed E-state index contributed by atoms with van der Waals surface area (Å²) in [5.41, 5.74) is 2.30. The zero-order valence-corrected chi connectivity index (χ0v) is 14.5. The molecule has 0 radical (unpaired) electrons. The number of fused-ring (bicyclic) bond motifs is 1. The van der Waals surface area contributed by atoms with Crippen LogP contribution in [-0.4, -0.2) is 22.1 Å². The fourth-order valence-corrected chi connectivity index (χ4v) is 2.88. The highest BCUT2D eigenvalue weighted by Gasteiger charge is 2.30. The number of nitrogens with one attached hydrogen (secondary N) is 2. The highest BCUT2D eigenvalue weighted by molar-refractivity contribution is 9.10. The van der Waals surface area contributed by atoms with Crippen molar-refractivity contribution >= 4 is 39.0 Å². The van der Waals surface area contributed by atoms with Crippen LogP contribution in [0.3, 0.4) is 0 Å². The number of carbonyl (C=O) groups excluding carboxylic acids is 1. The van der Waals surface area contributed by atoms with Crippen LogP contribution in [0.15, 0.2) is 52.3 Å². The topological polar surface area (TPSA) is 59.0 Å². The lowest BCUT2D eigenvalue weighted by atomic mass is 10.2. The Morgan fingerprint density at radius 3 is 2.64 bits per heavy atom. The van der Waals surface area contributed by atoms with Crippen LogP contribution in [-0.2, 0) is 0 Å². The van der Waals surface area contributed by atoms with Crippen LogP contribution >= 0.6 is 15.9 Å². The van der Waals surface area contributed by atoms with E-state index in [-0.39, 0.29) is 17.1 Å². The summed E-state index contributed by atoms with van der Waals surface area (Å²) in [6.07, 6.45) is 1.78. The average molecular weight is 407 g/mol. The van der Waals surface area contributed by atoms with Crippen LogP contribution in [0.4, 0.5) is 20.3 Å². The van der Waals surface area contributed by atoms with Gasteiger partial charge in [-0.2, -0.15) is 5.10 Å². The number of allylic oxidation sites excluding steroid dienone is 3. The molecule has 1 amide bonds. The van der Waals surface area contributed by atoms with Gasteiger partial charge < -0.3 is 10.6 Å². The van der Waals surface area contributed by atoms with Crippen molar-refractivity contribution in [3.05, 3.63) is 57.8 Å². The van der Waals surface area contributed by atoms with Crippen LogP contribution in [0.1, 0.15) is 23.2 Å². The van der Waals surface area contributed by atoms with Crippen molar-refractivity contribution < 1.29 is 13.6 Å². The number of hydrogen-bond acceptors (Lipinski definition) is 3. The van der Waals surface area contributed by atoms with Crippen molar-refractivity contribution in [2.45, 2.75) is 19.3 Å². The third-order valence-electron chi connectivity index (χ3n) is 4.01. The molecule has 2 aromatic rings. The van der Waals surface area contributed by atoms with E-state index in [1.54, 1.807) is 24.3 Å². The Labute approximate surface area is 150 Å². The first-order valence-corrected chi connectivity index (χ1v) is 8.46. The zero-order valence-electron chi connectivity index (χ0n) is 12.9. The molecule has 1 aromatic heterocycles. The Balaban J connectivity index is 1.67. The van der Waals surface area contributed by atoms with Gasteiger partial charge in [-0.25, -0.2) is 13.5 Å². The Hall–Kier alpha value is -2.48. The Kier molecular flexibility index (Phi) is 3.91. The summed E-state index contributed by atoms with van der Waals surface area (Å²) in [4.78, 5) is 12.6. The molecule has 1 fully saturated rings. The van der Waals surface area contributed by atoms with E-state index in [0.717, 1.165) is 27.6 Å². The molecule has 0 atom stereocenters. The number of hydrogen-bond donors (Lipinski definition) is 2. The van der Waals surface area contributed by atoms with Crippen molar-refractivity contribution in [3.8, 4) is 0 Å². The Morgan fingerprint density at radius 1 is 1.28 bits per heavy atom. The second-order valence-electron chi connectivity index (χ2n) is 5.79. The quantitative estimate of drug-likeness (QED) is 0.789. The molecular weight excluding hydrogens is 394 g/mol. The molecule has 5 nitrogen and oxygen atoms in total. The van der Waals surface area contributed by atoms with Crippen LogP contribution in [0.25, 0.3) is 5.70 Å². The highest BCUT2D eigenvalue weighted by Crippen LogP contribution is 2.38. The number of halogens is 3. The van der Waals surface area contributed by atoms with Crippen LogP contribution in [0.5, 0.6) is 0 Å². The summed E-state index contributed by atoms with van der Waals surface area (Å²) in [6.45, 7) is 0. The van der Waals surface area contributed by atoms with Gasteiger partial charge in [0.1, 0.15) is 17.1 Å². The van der Waals surface area contributed by atoms with Gasteiger partial charge in [0.05, 0.1) is 6.20 Å². The summed E-state index contributed by atoms with van der Waals surface area (Å²) >= 11 is 3.33. The largest absolute Gasteiger partial charge is 0.339 e. The fourth-order valence-electron chi connectivity index (χ4n) is 2.61. The van der Waals surface area contributed by atoms with Crippen molar-refractivity contribution in [3.63, 3.8) is 0 Å². The maximum absolute atomic E-state index is 13.4. The first-order chi connectivity index (χ1) is 12.0. The number of rotatable bonds is 3. The highest BCUT2D eigenvalue weighted by atomic mass is 79.9. The lowest BCUT2D eigenvalue weighted by molar-refractivity contribution is 0.102. The van der Waals surface area contributed by atoms with E-state index in [0.29, 0.717) is 11.4 Å². The lowest BCUT2D eigenvalue weighted by Crippen LogP contribution is -2.20. The van der Waals surface area contributed by atoms with Gasteiger partial charge in [0.25, 0.3) is 12.3 Å². The maximum atomic E-state index is 13.4. The van der Waals surface area contributed by atoms with Crippen molar-refractivity contribution in [2.24, 2.45) is 0 Å². The van der Waals surface area contributed by atoms with Gasteiger partial charge in [-0.15, -0.1) is 0 Å². The van der Waals surface area contributed by atoms with Gasteiger partial charge in [0, 0.05) is 15.9 Å². The molecule has 0 saturated heterocycles. The molecule has 2 N–H and O–H groups in total. The molecule has 2 aliphatic rings. The molecule has 0 spiro atoms. The minimum Gasteiger partial charge on any atom is -0.339 e. The summed E-state index contributed by atoms with van der Waals surface area (Å²) in [5.74, 6) is -0.145. The first kappa shape index (κ1) is 16.0. The molecule has 25 heavy (non-hydrogen) atoms. The van der Waals surface area contributed by atoms with Crippen molar-refractivity contribution in [2.75, 3.05) is 10.6 Å². The van der Waals surface area contributed by atoms with E-state index in [1.165, 1.54) is 12.3 Å². The van der Waals surface area contributed by atoms with Crippen LogP contribution in [0.2, 0.25) is 0 Å². The van der Waals surface area contributed by atoms with E-state index < -0.39 is 12.3 Å². The van der Waals surface area contributed by atoms with E-state index in [9.17, 15) is 13.6 Å². The standard InChI is InChI=1S/C17H13BrF2N4O/c18-10-3-5-11(6-4-10)22-17(25)12-8-21-24-14(15(19)20)7-13(9-1-2-9)23-16(12)24/h3-8,15,23H,1-2H2,(H,22,25). The minimum absolute atomic E-state index is 0.216. The molecule has 1 aromatic carbocycles. The molecule has 4 rings (SSSR count). The monoisotopic (exact) mass is 406 g/mol. The summed E-state index contributed by atoms with van der Waals surface area (Å²) < 4.78 is 28.7. The Bertz CT molecular complexity index is 909. The smallest absolute Gasteiger partial charge is 0.280 e. The van der Waals surface area contributed by atoms with Crippen LogP contribution < -0.4 is 10.6 Å². The summed E-state index contributed by atoms with van der Waals surface area (Å²) in [7, 11) is 0. The molecule has 1 aliphatic carbocycles. The zero-order chi connectivity index (χ0) is 17.6. The Morgan fingerprint density at radius 2 is 2.00 bits per heavy atom. The first-order valence-electron chi connectivity index (χ1n) is 7.67. The number of aromatic nitrogens is 2. The molecule has 2 heterocycles. The van der Waals surface area contributed by atoms with E-state index in [4.69, 9.17) is 0 Å². The van der Waals surface area contributed by atoms with Gasteiger partial charge >= 0.3 is 0 Å². The van der Waals surface area contributed by atoms with Gasteiger partial charge in [-0.05, 0) is 48.8 Å². The number of alkyl halides is 2. The number of amides is 1. The molecule has 0 unspecified atom stereocenters. The average Bonchev–Trinajstić information content (AvgIpc) is 3.35. The van der Waals surface area contributed by atoms with Gasteiger partial charge in [0.15, 0.2) is 0 Å². The number of benzene rings is 1. The number of carbonyl (C=O) groups is 1. The van der Waals surface area contributed by atoms with Gasteiger partial charge in [-0.3, -0.25) is 4.79 Å². The normalized spacial score (nSPS) is 15.6. The van der Waals surface area contributed by atoms with E-state index in [1.807, 2.05) is 0 Å². The van der Waals surface area contributed by atoms with Gasteiger partial charge in [-0.1, -0.05) is 15.9 Å². The third kappa shape index (κ3) is 3.09. The predicted octanol–water partition coefficient (Wildman–Crippen LogP) is 4.48. The second kappa shape index (κ2) is 6.11. The molecule has 1 saturated carbocycles. The maximum Gasteiger partial charge on any atom is 0.280 e. The molecule has 8 heteroatoms. The summed E-state index contributed by atoms with van der Waals surface area (Å²) in [6, 6.07) is 7.09. The predicted molar refractivity (Wildman–Crippen MR) is 94.5 cm³/mol. The van der Waals surface area contributed by atoms with Crippen molar-refractivity contribution in [1.29, 1.82) is 0 Å². The van der Waals surface area contributed by atoms with E-state index in [2.05, 4.69) is 31.7 Å². The number of anilines is 2. The van der Waals surface area contributed by atoms with Crippen LogP contribution in [0, 0.1) is 0 Å². The minimum atomic E-state index is -2.68. The van der Waals surface area contributed by atoms with Gasteiger partial charge in [0.2, 0.25) is 0 Å². The SMILES string of the molecule is O=C(Nc1ccc(Br)cc1)c1cnn2c1NC(=C1CC1)C=C2C(F)F. The molecular formula is C17H13BrF2N4O.